The van der Waals surface area contributed by atoms with Crippen molar-refractivity contribution in [2.75, 3.05) is 12.8 Å². The molecule has 0 aliphatic rings. The third-order valence-corrected chi connectivity index (χ3v) is 5.65. The molecule has 0 spiro atoms. The van der Waals surface area contributed by atoms with Gasteiger partial charge in [-0.2, -0.15) is 0 Å². The summed E-state index contributed by atoms with van der Waals surface area (Å²) in [4.78, 5) is 14.1. The van der Waals surface area contributed by atoms with Crippen molar-refractivity contribution in [3.05, 3.63) is 77.0 Å². The first-order valence-electron chi connectivity index (χ1n) is 9.60. The summed E-state index contributed by atoms with van der Waals surface area (Å²) < 4.78 is 11.5. The third-order valence-electron chi connectivity index (χ3n) is 4.60. The van der Waals surface area contributed by atoms with Crippen molar-refractivity contribution in [1.29, 1.82) is 0 Å². The lowest BCUT2D eigenvalue weighted by Gasteiger charge is -2.14. The maximum atomic E-state index is 12.5. The molecule has 2 heterocycles. The quantitative estimate of drug-likeness (QED) is 0.334. The summed E-state index contributed by atoms with van der Waals surface area (Å²) in [5.74, 6) is 2.00. The van der Waals surface area contributed by atoms with Gasteiger partial charge in [0.25, 0.3) is 5.22 Å². The van der Waals surface area contributed by atoms with Crippen molar-refractivity contribution >= 4 is 29.3 Å². The Morgan fingerprint density at radius 2 is 1.84 bits per heavy atom. The van der Waals surface area contributed by atoms with Crippen LogP contribution in [-0.2, 0) is 11.3 Å². The normalized spacial score (nSPS) is 10.9. The zero-order chi connectivity index (χ0) is 21.8. The number of hydrogen-bond donors (Lipinski definition) is 0. The van der Waals surface area contributed by atoms with Crippen LogP contribution >= 0.6 is 23.4 Å². The molecule has 4 rings (SSSR count). The van der Waals surface area contributed by atoms with Crippen molar-refractivity contribution in [3.8, 4) is 22.8 Å². The molecule has 31 heavy (non-hydrogen) atoms. The summed E-state index contributed by atoms with van der Waals surface area (Å²) >= 11 is 7.14. The summed E-state index contributed by atoms with van der Waals surface area (Å²) in [5.41, 5.74) is 2.90. The van der Waals surface area contributed by atoms with E-state index in [2.05, 4.69) is 10.2 Å². The van der Waals surface area contributed by atoms with Crippen LogP contribution < -0.4 is 0 Å². The molecule has 0 aliphatic carbocycles. The Morgan fingerprint density at radius 3 is 2.61 bits per heavy atom. The van der Waals surface area contributed by atoms with E-state index in [4.69, 9.17) is 20.4 Å². The molecule has 0 fully saturated rings. The number of benzene rings is 2. The zero-order valence-corrected chi connectivity index (χ0v) is 18.6. The highest BCUT2D eigenvalue weighted by molar-refractivity contribution is 7.99. The lowest BCUT2D eigenvalue weighted by molar-refractivity contribution is -0.127. The predicted molar refractivity (Wildman–Crippen MR) is 121 cm³/mol. The smallest absolute Gasteiger partial charge is 0.277 e. The van der Waals surface area contributed by atoms with Crippen LogP contribution in [0.1, 0.15) is 11.3 Å². The second kappa shape index (κ2) is 9.41. The zero-order valence-electron chi connectivity index (χ0n) is 17.0. The lowest BCUT2D eigenvalue weighted by Crippen LogP contribution is -2.27. The largest absolute Gasteiger partial charge is 0.459 e. The van der Waals surface area contributed by atoms with E-state index in [0.29, 0.717) is 28.4 Å². The molecule has 0 N–H and O–H groups in total. The number of furan rings is 1. The van der Waals surface area contributed by atoms with Crippen LogP contribution in [0.2, 0.25) is 5.02 Å². The van der Waals surface area contributed by atoms with Crippen molar-refractivity contribution in [2.24, 2.45) is 0 Å². The molecular formula is C23H20ClN3O3S. The van der Waals surface area contributed by atoms with Gasteiger partial charge in [0.15, 0.2) is 0 Å². The highest BCUT2D eigenvalue weighted by atomic mass is 35.5. The van der Waals surface area contributed by atoms with Crippen LogP contribution in [0.4, 0.5) is 0 Å². The van der Waals surface area contributed by atoms with E-state index in [-0.39, 0.29) is 11.7 Å². The minimum atomic E-state index is -0.0650. The van der Waals surface area contributed by atoms with Crippen molar-refractivity contribution in [2.45, 2.75) is 18.7 Å². The number of halogens is 1. The molecule has 2 aromatic heterocycles. The van der Waals surface area contributed by atoms with Gasteiger partial charge in [-0.05, 0) is 55.5 Å². The van der Waals surface area contributed by atoms with Gasteiger partial charge >= 0.3 is 0 Å². The van der Waals surface area contributed by atoms with Gasteiger partial charge in [-0.1, -0.05) is 41.1 Å². The van der Waals surface area contributed by atoms with Crippen LogP contribution in [0.15, 0.2) is 74.7 Å². The predicted octanol–water partition coefficient (Wildman–Crippen LogP) is 5.71. The van der Waals surface area contributed by atoms with Gasteiger partial charge < -0.3 is 13.7 Å². The molecule has 1 amide bonds. The van der Waals surface area contributed by atoms with Gasteiger partial charge in [-0.15, -0.1) is 10.2 Å². The molecule has 0 unspecified atom stereocenters. The van der Waals surface area contributed by atoms with E-state index in [0.717, 1.165) is 22.5 Å². The monoisotopic (exact) mass is 453 g/mol. The molecule has 0 atom stereocenters. The fraction of sp³-hybridized carbons (Fsp3) is 0.174. The summed E-state index contributed by atoms with van der Waals surface area (Å²) in [7, 11) is 1.74. The first-order valence-corrected chi connectivity index (χ1v) is 11.0. The molecule has 158 valence electrons. The van der Waals surface area contributed by atoms with E-state index < -0.39 is 0 Å². The van der Waals surface area contributed by atoms with E-state index in [1.165, 1.54) is 11.8 Å². The molecule has 4 aromatic rings. The summed E-state index contributed by atoms with van der Waals surface area (Å²) in [6.07, 6.45) is 0. The van der Waals surface area contributed by atoms with Crippen LogP contribution in [-0.4, -0.2) is 33.8 Å². The maximum absolute atomic E-state index is 12.5. The average Bonchev–Trinajstić information content (AvgIpc) is 3.42. The Hall–Kier alpha value is -3.03. The van der Waals surface area contributed by atoms with E-state index >= 15 is 0 Å². The second-order valence-electron chi connectivity index (χ2n) is 7.05. The Balaban J connectivity index is 1.32. The van der Waals surface area contributed by atoms with Crippen molar-refractivity contribution in [1.82, 2.24) is 15.1 Å². The number of amides is 1. The molecule has 0 saturated heterocycles. The highest BCUT2D eigenvalue weighted by Crippen LogP contribution is 2.26. The molecule has 0 saturated carbocycles. The summed E-state index contributed by atoms with van der Waals surface area (Å²) in [5, 5.41) is 9.13. The third kappa shape index (κ3) is 5.37. The summed E-state index contributed by atoms with van der Waals surface area (Å²) in [6.45, 7) is 2.37. The lowest BCUT2D eigenvalue weighted by atomic mass is 10.1. The summed E-state index contributed by atoms with van der Waals surface area (Å²) in [6, 6.07) is 19.0. The SMILES string of the molecule is Cc1cccc(-c2nnc(SCC(=O)N(C)Cc3ccc(-c4ccc(Cl)cc4)o3)o2)c1. The Kier molecular flexibility index (Phi) is 6.44. The Labute approximate surface area is 189 Å². The molecular weight excluding hydrogens is 434 g/mol. The van der Waals surface area contributed by atoms with E-state index in [1.54, 1.807) is 11.9 Å². The molecule has 8 heteroatoms. The number of carbonyl (C=O) groups is 1. The van der Waals surface area contributed by atoms with Crippen molar-refractivity contribution in [3.63, 3.8) is 0 Å². The van der Waals surface area contributed by atoms with Gasteiger partial charge in [0.05, 0.1) is 12.3 Å². The molecule has 0 bridgehead atoms. The van der Waals surface area contributed by atoms with Gasteiger partial charge in [0.1, 0.15) is 11.5 Å². The number of thioether (sulfide) groups is 1. The number of aromatic nitrogens is 2. The first-order chi connectivity index (χ1) is 15.0. The molecule has 2 aromatic carbocycles. The first kappa shape index (κ1) is 21.2. The molecule has 0 aliphatic heterocycles. The van der Waals surface area contributed by atoms with E-state index in [1.807, 2.05) is 67.6 Å². The average molecular weight is 454 g/mol. The number of rotatable bonds is 7. The number of aryl methyl sites for hydroxylation is 1. The topological polar surface area (TPSA) is 72.4 Å². The van der Waals surface area contributed by atoms with Crippen LogP contribution in [0.5, 0.6) is 0 Å². The fourth-order valence-corrected chi connectivity index (χ4v) is 3.78. The van der Waals surface area contributed by atoms with Crippen LogP contribution in [0.25, 0.3) is 22.8 Å². The molecule has 0 radical (unpaired) electrons. The van der Waals surface area contributed by atoms with Crippen molar-refractivity contribution < 1.29 is 13.6 Å². The Morgan fingerprint density at radius 1 is 1.03 bits per heavy atom. The number of carbonyl (C=O) groups excluding carboxylic acids is 1. The number of nitrogens with zero attached hydrogens (tertiary/aromatic N) is 3. The van der Waals surface area contributed by atoms with Crippen LogP contribution in [0.3, 0.4) is 0 Å². The second-order valence-corrected chi connectivity index (χ2v) is 8.42. The van der Waals surface area contributed by atoms with Crippen LogP contribution in [0, 0.1) is 6.92 Å². The van der Waals surface area contributed by atoms with Gasteiger partial charge in [-0.3, -0.25) is 4.79 Å². The van der Waals surface area contributed by atoms with Gasteiger partial charge in [0, 0.05) is 23.2 Å². The Bertz CT molecular complexity index is 1190. The fourth-order valence-electron chi connectivity index (χ4n) is 2.95. The standard InChI is InChI=1S/C23H20ClN3O3S/c1-15-4-3-5-17(12-15)22-25-26-23(30-22)31-14-21(28)27(2)13-19-10-11-20(29-19)16-6-8-18(24)9-7-16/h3-12H,13-14H2,1-2H3. The number of hydrogen-bond acceptors (Lipinski definition) is 6. The molecule has 6 nitrogen and oxygen atoms in total. The van der Waals surface area contributed by atoms with Gasteiger partial charge in [-0.25, -0.2) is 0 Å². The minimum Gasteiger partial charge on any atom is -0.459 e. The minimum absolute atomic E-state index is 0.0650. The highest BCUT2D eigenvalue weighted by Gasteiger charge is 2.16. The maximum Gasteiger partial charge on any atom is 0.277 e. The van der Waals surface area contributed by atoms with E-state index in [9.17, 15) is 4.79 Å². The van der Waals surface area contributed by atoms with Gasteiger partial charge in [0.2, 0.25) is 11.8 Å².